The van der Waals surface area contributed by atoms with Crippen molar-refractivity contribution in [1.82, 2.24) is 0 Å². The van der Waals surface area contributed by atoms with E-state index in [2.05, 4.69) is 0 Å². The molecule has 0 radical (unpaired) electrons. The summed E-state index contributed by atoms with van der Waals surface area (Å²) in [6.45, 7) is 1.96. The molecule has 2 aromatic rings. The van der Waals surface area contributed by atoms with Crippen LogP contribution in [0, 0.1) is 6.92 Å². The maximum atomic E-state index is 11.0. The second-order valence-corrected chi connectivity index (χ2v) is 4.06. The van der Waals surface area contributed by atoms with Crippen LogP contribution in [0.25, 0.3) is 11.1 Å². The predicted octanol–water partition coefficient (Wildman–Crippen LogP) is 3.37. The fourth-order valence-corrected chi connectivity index (χ4v) is 1.84. The monoisotopic (exact) mass is 242 g/mol. The van der Waals surface area contributed by atoms with Crippen molar-refractivity contribution < 1.29 is 14.6 Å². The SMILES string of the molecule is COc1ccc(-c2cc(C(=O)O)ccc2C)cc1. The Morgan fingerprint density at radius 3 is 2.33 bits per heavy atom. The molecule has 3 heteroatoms. The van der Waals surface area contributed by atoms with Gasteiger partial charge in [-0.2, -0.15) is 0 Å². The second-order valence-electron chi connectivity index (χ2n) is 4.06. The first-order valence-corrected chi connectivity index (χ1v) is 5.60. The lowest BCUT2D eigenvalue weighted by Crippen LogP contribution is -1.97. The minimum Gasteiger partial charge on any atom is -0.497 e. The summed E-state index contributed by atoms with van der Waals surface area (Å²) < 4.78 is 5.10. The van der Waals surface area contributed by atoms with Gasteiger partial charge in [0.2, 0.25) is 0 Å². The Labute approximate surface area is 106 Å². The first kappa shape index (κ1) is 12.2. The maximum absolute atomic E-state index is 11.0. The van der Waals surface area contributed by atoms with Crippen molar-refractivity contribution in [1.29, 1.82) is 0 Å². The first-order chi connectivity index (χ1) is 8.61. The van der Waals surface area contributed by atoms with Crippen LogP contribution in [0.15, 0.2) is 42.5 Å². The molecular weight excluding hydrogens is 228 g/mol. The molecule has 0 saturated carbocycles. The van der Waals surface area contributed by atoms with Crippen LogP contribution >= 0.6 is 0 Å². The van der Waals surface area contributed by atoms with Crippen LogP contribution in [0.4, 0.5) is 0 Å². The van der Waals surface area contributed by atoms with Gasteiger partial charge in [-0.1, -0.05) is 18.2 Å². The van der Waals surface area contributed by atoms with Crippen molar-refractivity contribution in [2.45, 2.75) is 6.92 Å². The lowest BCUT2D eigenvalue weighted by Gasteiger charge is -2.08. The third-order valence-electron chi connectivity index (χ3n) is 2.89. The van der Waals surface area contributed by atoms with E-state index in [0.29, 0.717) is 5.56 Å². The van der Waals surface area contributed by atoms with Gasteiger partial charge in [0.1, 0.15) is 5.75 Å². The predicted molar refractivity (Wildman–Crippen MR) is 70.1 cm³/mol. The average Bonchev–Trinajstić information content (AvgIpc) is 2.39. The smallest absolute Gasteiger partial charge is 0.335 e. The van der Waals surface area contributed by atoms with Gasteiger partial charge in [0.15, 0.2) is 0 Å². The van der Waals surface area contributed by atoms with E-state index < -0.39 is 5.97 Å². The fourth-order valence-electron chi connectivity index (χ4n) is 1.84. The van der Waals surface area contributed by atoms with Gasteiger partial charge >= 0.3 is 5.97 Å². The van der Waals surface area contributed by atoms with Gasteiger partial charge in [-0.3, -0.25) is 0 Å². The molecule has 3 nitrogen and oxygen atoms in total. The number of aryl methyl sites for hydroxylation is 1. The van der Waals surface area contributed by atoms with Crippen molar-refractivity contribution in [3.05, 3.63) is 53.6 Å². The third-order valence-corrected chi connectivity index (χ3v) is 2.89. The number of benzene rings is 2. The van der Waals surface area contributed by atoms with Gasteiger partial charge in [0.25, 0.3) is 0 Å². The van der Waals surface area contributed by atoms with Crippen LogP contribution < -0.4 is 4.74 Å². The highest BCUT2D eigenvalue weighted by molar-refractivity contribution is 5.90. The summed E-state index contributed by atoms with van der Waals surface area (Å²) in [5.41, 5.74) is 3.26. The molecule has 0 saturated heterocycles. The zero-order chi connectivity index (χ0) is 13.1. The first-order valence-electron chi connectivity index (χ1n) is 5.60. The van der Waals surface area contributed by atoms with Gasteiger partial charge in [0, 0.05) is 0 Å². The van der Waals surface area contributed by atoms with E-state index in [4.69, 9.17) is 9.84 Å². The number of rotatable bonds is 3. The van der Waals surface area contributed by atoms with Crippen LogP contribution in [0.3, 0.4) is 0 Å². The molecule has 1 N–H and O–H groups in total. The van der Waals surface area contributed by atoms with E-state index in [0.717, 1.165) is 22.4 Å². The molecule has 2 aromatic carbocycles. The molecule has 0 fully saturated rings. The highest BCUT2D eigenvalue weighted by atomic mass is 16.5. The highest BCUT2D eigenvalue weighted by Crippen LogP contribution is 2.26. The van der Waals surface area contributed by atoms with Crippen LogP contribution in [0.2, 0.25) is 0 Å². The lowest BCUT2D eigenvalue weighted by molar-refractivity contribution is 0.0697. The molecule has 0 heterocycles. The number of carbonyl (C=O) groups is 1. The van der Waals surface area contributed by atoms with Gasteiger partial charge in [0.05, 0.1) is 12.7 Å². The molecular formula is C15H14O3. The van der Waals surface area contributed by atoms with Gasteiger partial charge in [-0.05, 0) is 47.9 Å². The molecule has 18 heavy (non-hydrogen) atoms. The van der Waals surface area contributed by atoms with E-state index in [1.807, 2.05) is 37.3 Å². The molecule has 92 valence electrons. The standard InChI is InChI=1S/C15H14O3/c1-10-3-4-12(15(16)17)9-14(10)11-5-7-13(18-2)8-6-11/h3-9H,1-2H3,(H,16,17). The maximum Gasteiger partial charge on any atom is 0.335 e. The van der Waals surface area contributed by atoms with Crippen LogP contribution in [-0.4, -0.2) is 18.2 Å². The van der Waals surface area contributed by atoms with E-state index >= 15 is 0 Å². The number of hydrogen-bond acceptors (Lipinski definition) is 2. The Bertz CT molecular complexity index is 571. The number of carboxylic acids is 1. The minimum atomic E-state index is -0.912. The number of ether oxygens (including phenoxy) is 1. The quantitative estimate of drug-likeness (QED) is 0.897. The van der Waals surface area contributed by atoms with Crippen molar-refractivity contribution in [3.63, 3.8) is 0 Å². The van der Waals surface area contributed by atoms with Crippen molar-refractivity contribution in [2.24, 2.45) is 0 Å². The molecule has 0 spiro atoms. The van der Waals surface area contributed by atoms with E-state index in [1.54, 1.807) is 19.2 Å². The van der Waals surface area contributed by atoms with Crippen molar-refractivity contribution in [3.8, 4) is 16.9 Å². The molecule has 0 aliphatic rings. The summed E-state index contributed by atoms with van der Waals surface area (Å²) in [7, 11) is 1.62. The molecule has 0 aromatic heterocycles. The zero-order valence-electron chi connectivity index (χ0n) is 10.3. The van der Waals surface area contributed by atoms with Crippen LogP contribution in [0.5, 0.6) is 5.75 Å². The largest absolute Gasteiger partial charge is 0.497 e. The number of hydrogen-bond donors (Lipinski definition) is 1. The second kappa shape index (κ2) is 4.92. The molecule has 0 amide bonds. The molecule has 0 bridgehead atoms. The Hall–Kier alpha value is -2.29. The fraction of sp³-hybridized carbons (Fsp3) is 0.133. The average molecular weight is 242 g/mol. The summed E-state index contributed by atoms with van der Waals surface area (Å²) in [5, 5.41) is 9.01. The summed E-state index contributed by atoms with van der Waals surface area (Å²) >= 11 is 0. The molecule has 0 aliphatic carbocycles. The van der Waals surface area contributed by atoms with Gasteiger partial charge in [-0.25, -0.2) is 4.79 Å². The molecule has 0 unspecified atom stereocenters. The van der Waals surface area contributed by atoms with E-state index in [1.165, 1.54) is 0 Å². The number of aromatic carboxylic acids is 1. The number of carboxylic acid groups (broad SMARTS) is 1. The Morgan fingerprint density at radius 2 is 1.78 bits per heavy atom. The molecule has 0 atom stereocenters. The van der Waals surface area contributed by atoms with Crippen LogP contribution in [-0.2, 0) is 0 Å². The lowest BCUT2D eigenvalue weighted by atomic mass is 9.98. The third kappa shape index (κ3) is 2.35. The summed E-state index contributed by atoms with van der Waals surface area (Å²) in [6.07, 6.45) is 0. The molecule has 2 rings (SSSR count). The van der Waals surface area contributed by atoms with Gasteiger partial charge < -0.3 is 9.84 Å². The Kier molecular flexibility index (Phi) is 3.33. The Balaban J connectivity index is 2.48. The highest BCUT2D eigenvalue weighted by Gasteiger charge is 2.07. The van der Waals surface area contributed by atoms with Gasteiger partial charge in [-0.15, -0.1) is 0 Å². The minimum absolute atomic E-state index is 0.298. The van der Waals surface area contributed by atoms with E-state index in [-0.39, 0.29) is 0 Å². The van der Waals surface area contributed by atoms with E-state index in [9.17, 15) is 4.79 Å². The summed E-state index contributed by atoms with van der Waals surface area (Å²) in [5.74, 6) is -0.129. The Morgan fingerprint density at radius 1 is 1.11 bits per heavy atom. The normalized spacial score (nSPS) is 10.1. The topological polar surface area (TPSA) is 46.5 Å². The van der Waals surface area contributed by atoms with Crippen LogP contribution in [0.1, 0.15) is 15.9 Å². The van der Waals surface area contributed by atoms with Crippen molar-refractivity contribution in [2.75, 3.05) is 7.11 Å². The summed E-state index contributed by atoms with van der Waals surface area (Å²) in [4.78, 5) is 11.0. The summed E-state index contributed by atoms with van der Waals surface area (Å²) in [6, 6.07) is 12.7. The van der Waals surface area contributed by atoms with Crippen molar-refractivity contribution >= 4 is 5.97 Å². The number of methoxy groups -OCH3 is 1. The zero-order valence-corrected chi connectivity index (χ0v) is 10.3. The molecule has 0 aliphatic heterocycles.